The Morgan fingerprint density at radius 2 is 1.73 bits per heavy atom. The zero-order chi connectivity index (χ0) is 15.5. The number of carbonyl (C=O) groups excluding carboxylic acids is 1. The van der Waals surface area contributed by atoms with Crippen LogP contribution in [0.5, 0.6) is 0 Å². The molecule has 3 aromatic rings. The Balaban J connectivity index is 1.93. The minimum Gasteiger partial charge on any atom is -0.462 e. The van der Waals surface area contributed by atoms with Crippen LogP contribution < -0.4 is 0 Å². The molecule has 0 saturated heterocycles. The molecule has 0 bridgehead atoms. The lowest BCUT2D eigenvalue weighted by Gasteiger charge is -2.06. The lowest BCUT2D eigenvalue weighted by molar-refractivity contribution is 0.0526. The number of rotatable bonds is 3. The predicted molar refractivity (Wildman–Crippen MR) is 87.9 cm³/mol. The molecule has 0 aliphatic heterocycles. The number of aromatic nitrogens is 1. The van der Waals surface area contributed by atoms with E-state index in [-0.39, 0.29) is 5.97 Å². The van der Waals surface area contributed by atoms with Crippen LogP contribution in [0.15, 0.2) is 54.6 Å². The van der Waals surface area contributed by atoms with Gasteiger partial charge in [0.2, 0.25) is 0 Å². The van der Waals surface area contributed by atoms with Gasteiger partial charge in [0.1, 0.15) is 0 Å². The standard InChI is InChI=1S/C19H17NO2/c1-3-22-19(21)15-8-6-14(7-9-15)16-10-11-18-17(12-16)5-4-13(2)20-18/h4-12H,3H2,1-2H3. The molecule has 3 rings (SSSR count). The molecule has 1 aromatic heterocycles. The zero-order valence-corrected chi connectivity index (χ0v) is 12.7. The van der Waals surface area contributed by atoms with Gasteiger partial charge in [-0.3, -0.25) is 4.98 Å². The number of hydrogen-bond donors (Lipinski definition) is 0. The summed E-state index contributed by atoms with van der Waals surface area (Å²) < 4.78 is 5.00. The Labute approximate surface area is 129 Å². The van der Waals surface area contributed by atoms with E-state index >= 15 is 0 Å². The van der Waals surface area contributed by atoms with Gasteiger partial charge in [-0.25, -0.2) is 4.79 Å². The molecule has 0 unspecified atom stereocenters. The fourth-order valence-corrected chi connectivity index (χ4v) is 2.42. The van der Waals surface area contributed by atoms with Crippen molar-refractivity contribution in [3.05, 3.63) is 65.9 Å². The number of nitrogens with zero attached hydrogens (tertiary/aromatic N) is 1. The van der Waals surface area contributed by atoms with Crippen LogP contribution in [0.4, 0.5) is 0 Å². The van der Waals surface area contributed by atoms with Crippen molar-refractivity contribution in [3.63, 3.8) is 0 Å². The van der Waals surface area contributed by atoms with E-state index in [1.807, 2.05) is 37.3 Å². The van der Waals surface area contributed by atoms with E-state index in [9.17, 15) is 4.79 Å². The maximum atomic E-state index is 11.7. The first-order valence-corrected chi connectivity index (χ1v) is 7.32. The van der Waals surface area contributed by atoms with Gasteiger partial charge in [-0.1, -0.05) is 24.3 Å². The predicted octanol–water partition coefficient (Wildman–Crippen LogP) is 4.39. The highest BCUT2D eigenvalue weighted by molar-refractivity contribution is 5.90. The summed E-state index contributed by atoms with van der Waals surface area (Å²) in [6.45, 7) is 4.18. The van der Waals surface area contributed by atoms with Crippen molar-refractivity contribution in [3.8, 4) is 11.1 Å². The Hall–Kier alpha value is -2.68. The number of benzene rings is 2. The Bertz CT molecular complexity index is 822. The number of aryl methyl sites for hydroxylation is 1. The van der Waals surface area contributed by atoms with E-state index in [0.717, 1.165) is 27.7 Å². The van der Waals surface area contributed by atoms with Crippen molar-refractivity contribution in [2.75, 3.05) is 6.61 Å². The fourth-order valence-electron chi connectivity index (χ4n) is 2.42. The first-order valence-electron chi connectivity index (χ1n) is 7.32. The minimum absolute atomic E-state index is 0.285. The molecule has 0 amide bonds. The first kappa shape index (κ1) is 14.3. The van der Waals surface area contributed by atoms with Crippen LogP contribution in [-0.2, 0) is 4.74 Å². The summed E-state index contributed by atoms with van der Waals surface area (Å²) in [7, 11) is 0. The lowest BCUT2D eigenvalue weighted by atomic mass is 10.0. The van der Waals surface area contributed by atoms with Crippen LogP contribution >= 0.6 is 0 Å². The molecule has 0 aliphatic rings. The topological polar surface area (TPSA) is 39.2 Å². The molecule has 3 nitrogen and oxygen atoms in total. The zero-order valence-electron chi connectivity index (χ0n) is 12.7. The van der Waals surface area contributed by atoms with E-state index in [0.29, 0.717) is 12.2 Å². The molecule has 0 saturated carbocycles. The first-order chi connectivity index (χ1) is 10.7. The lowest BCUT2D eigenvalue weighted by Crippen LogP contribution is -2.03. The summed E-state index contributed by atoms with van der Waals surface area (Å²) in [5.41, 5.74) is 4.75. The molecular weight excluding hydrogens is 274 g/mol. The monoisotopic (exact) mass is 291 g/mol. The van der Waals surface area contributed by atoms with Crippen molar-refractivity contribution < 1.29 is 9.53 Å². The van der Waals surface area contributed by atoms with E-state index in [2.05, 4.69) is 17.1 Å². The van der Waals surface area contributed by atoms with Crippen molar-refractivity contribution in [1.82, 2.24) is 4.98 Å². The summed E-state index contributed by atoms with van der Waals surface area (Å²) in [4.78, 5) is 16.2. The Morgan fingerprint density at radius 1 is 1.00 bits per heavy atom. The molecule has 0 atom stereocenters. The van der Waals surface area contributed by atoms with Crippen LogP contribution in [0.2, 0.25) is 0 Å². The Kier molecular flexibility index (Phi) is 3.88. The highest BCUT2D eigenvalue weighted by atomic mass is 16.5. The molecule has 0 aliphatic carbocycles. The van der Waals surface area contributed by atoms with E-state index in [4.69, 9.17) is 4.74 Å². The quantitative estimate of drug-likeness (QED) is 0.672. The van der Waals surface area contributed by atoms with Gasteiger partial charge in [-0.05, 0) is 55.3 Å². The summed E-state index contributed by atoms with van der Waals surface area (Å²) in [5.74, 6) is -0.285. The molecule has 0 N–H and O–H groups in total. The third-order valence-corrected chi connectivity index (χ3v) is 3.56. The Morgan fingerprint density at radius 3 is 2.45 bits per heavy atom. The average molecular weight is 291 g/mol. The summed E-state index contributed by atoms with van der Waals surface area (Å²) in [6.07, 6.45) is 0. The van der Waals surface area contributed by atoms with Crippen molar-refractivity contribution >= 4 is 16.9 Å². The smallest absolute Gasteiger partial charge is 0.338 e. The highest BCUT2D eigenvalue weighted by Crippen LogP contribution is 2.24. The summed E-state index contributed by atoms with van der Waals surface area (Å²) in [6, 6.07) is 17.7. The second-order valence-corrected chi connectivity index (χ2v) is 5.16. The van der Waals surface area contributed by atoms with Gasteiger partial charge in [-0.15, -0.1) is 0 Å². The van der Waals surface area contributed by atoms with E-state index < -0.39 is 0 Å². The van der Waals surface area contributed by atoms with Gasteiger partial charge >= 0.3 is 5.97 Å². The second kappa shape index (κ2) is 5.98. The molecule has 3 heteroatoms. The van der Waals surface area contributed by atoms with Crippen molar-refractivity contribution in [2.24, 2.45) is 0 Å². The number of carbonyl (C=O) groups is 1. The molecule has 110 valence electrons. The molecule has 1 heterocycles. The van der Waals surface area contributed by atoms with Crippen LogP contribution in [0, 0.1) is 6.92 Å². The van der Waals surface area contributed by atoms with Crippen LogP contribution in [0.25, 0.3) is 22.0 Å². The number of fused-ring (bicyclic) bond motifs is 1. The van der Waals surface area contributed by atoms with Crippen LogP contribution in [0.3, 0.4) is 0 Å². The molecule has 0 spiro atoms. The molecule has 0 fully saturated rings. The number of ether oxygens (including phenoxy) is 1. The normalized spacial score (nSPS) is 10.6. The van der Waals surface area contributed by atoms with E-state index in [1.165, 1.54) is 0 Å². The molecular formula is C19H17NO2. The fraction of sp³-hybridized carbons (Fsp3) is 0.158. The van der Waals surface area contributed by atoms with E-state index in [1.54, 1.807) is 19.1 Å². The number of hydrogen-bond acceptors (Lipinski definition) is 3. The minimum atomic E-state index is -0.285. The summed E-state index contributed by atoms with van der Waals surface area (Å²) >= 11 is 0. The van der Waals surface area contributed by atoms with Crippen LogP contribution in [-0.4, -0.2) is 17.6 Å². The van der Waals surface area contributed by atoms with Crippen LogP contribution in [0.1, 0.15) is 23.0 Å². The van der Waals surface area contributed by atoms with Crippen molar-refractivity contribution in [1.29, 1.82) is 0 Å². The van der Waals surface area contributed by atoms with Gasteiger partial charge in [0.25, 0.3) is 0 Å². The maximum absolute atomic E-state index is 11.7. The molecule has 2 aromatic carbocycles. The van der Waals surface area contributed by atoms with Gasteiger partial charge < -0.3 is 4.74 Å². The highest BCUT2D eigenvalue weighted by Gasteiger charge is 2.07. The maximum Gasteiger partial charge on any atom is 0.338 e. The second-order valence-electron chi connectivity index (χ2n) is 5.16. The molecule has 0 radical (unpaired) electrons. The average Bonchev–Trinajstić information content (AvgIpc) is 2.55. The van der Waals surface area contributed by atoms with Crippen molar-refractivity contribution in [2.45, 2.75) is 13.8 Å². The van der Waals surface area contributed by atoms with Gasteiger partial charge in [0.15, 0.2) is 0 Å². The SMILES string of the molecule is CCOC(=O)c1ccc(-c2ccc3nc(C)ccc3c2)cc1. The van der Waals surface area contributed by atoms with Gasteiger partial charge in [-0.2, -0.15) is 0 Å². The third-order valence-electron chi connectivity index (χ3n) is 3.56. The number of pyridine rings is 1. The largest absolute Gasteiger partial charge is 0.462 e. The van der Waals surface area contributed by atoms with Gasteiger partial charge in [0, 0.05) is 11.1 Å². The third kappa shape index (κ3) is 2.84. The summed E-state index contributed by atoms with van der Waals surface area (Å²) in [5, 5.41) is 1.11. The number of esters is 1. The molecule has 22 heavy (non-hydrogen) atoms. The van der Waals surface area contributed by atoms with Gasteiger partial charge in [0.05, 0.1) is 17.7 Å².